The number of aromatic nitrogens is 1. The van der Waals surface area contributed by atoms with Gasteiger partial charge in [0.1, 0.15) is 0 Å². The van der Waals surface area contributed by atoms with E-state index in [0.717, 1.165) is 24.1 Å². The number of Topliss-reactive ketones (excluding diaryl/α,β-unsaturated/α-hetero) is 1. The molecule has 1 aliphatic carbocycles. The second kappa shape index (κ2) is 8.56. The Morgan fingerprint density at radius 1 is 1.00 bits per heavy atom. The van der Waals surface area contributed by atoms with Gasteiger partial charge in [0.15, 0.2) is 5.78 Å². The van der Waals surface area contributed by atoms with Crippen LogP contribution in [0.15, 0.2) is 42.6 Å². The average Bonchev–Trinajstić information content (AvgIpc) is 2.66. The monoisotopic (exact) mass is 336 g/mol. The minimum Gasteiger partial charge on any atom is -0.356 e. The van der Waals surface area contributed by atoms with Crippen LogP contribution < -0.4 is 5.32 Å². The van der Waals surface area contributed by atoms with Crippen molar-refractivity contribution in [3.8, 4) is 0 Å². The van der Waals surface area contributed by atoms with E-state index in [9.17, 15) is 9.59 Å². The van der Waals surface area contributed by atoms with E-state index in [4.69, 9.17) is 0 Å². The molecule has 0 unspecified atom stereocenters. The zero-order valence-electron chi connectivity index (χ0n) is 14.5. The third-order valence-corrected chi connectivity index (χ3v) is 4.68. The summed E-state index contributed by atoms with van der Waals surface area (Å²) in [5.41, 5.74) is 4.36. The Hall–Kier alpha value is -2.49. The topological polar surface area (TPSA) is 59.1 Å². The van der Waals surface area contributed by atoms with Crippen LogP contribution in [-0.2, 0) is 24.1 Å². The highest BCUT2D eigenvalue weighted by Gasteiger charge is 2.14. The van der Waals surface area contributed by atoms with Crippen molar-refractivity contribution in [2.24, 2.45) is 0 Å². The van der Waals surface area contributed by atoms with E-state index >= 15 is 0 Å². The third-order valence-electron chi connectivity index (χ3n) is 4.68. The summed E-state index contributed by atoms with van der Waals surface area (Å²) in [5.74, 6) is -0.0320. The first-order chi connectivity index (χ1) is 12.2. The molecule has 25 heavy (non-hydrogen) atoms. The van der Waals surface area contributed by atoms with Gasteiger partial charge in [-0.1, -0.05) is 18.2 Å². The van der Waals surface area contributed by atoms with Crippen LogP contribution in [-0.4, -0.2) is 23.2 Å². The summed E-state index contributed by atoms with van der Waals surface area (Å²) < 4.78 is 0. The van der Waals surface area contributed by atoms with Gasteiger partial charge in [-0.3, -0.25) is 14.6 Å². The van der Waals surface area contributed by atoms with Crippen LogP contribution in [0.25, 0.3) is 0 Å². The molecule has 0 aliphatic heterocycles. The van der Waals surface area contributed by atoms with Gasteiger partial charge in [0.2, 0.25) is 5.91 Å². The van der Waals surface area contributed by atoms with Crippen molar-refractivity contribution in [2.75, 3.05) is 6.54 Å². The van der Waals surface area contributed by atoms with Gasteiger partial charge in [-0.2, -0.15) is 0 Å². The third kappa shape index (κ3) is 4.99. The van der Waals surface area contributed by atoms with Crippen molar-refractivity contribution in [2.45, 2.75) is 44.9 Å². The standard InChI is InChI=1S/C21H24N2O2/c24-20(18-9-8-16-5-1-2-6-17(16)15-18)10-11-21(25)23-14-12-19-7-3-4-13-22-19/h3-4,7-9,13,15H,1-2,5-6,10-12,14H2,(H,23,25). The number of rotatable bonds is 7. The Kier molecular flexibility index (Phi) is 5.94. The number of hydrogen-bond acceptors (Lipinski definition) is 3. The van der Waals surface area contributed by atoms with Gasteiger partial charge >= 0.3 is 0 Å². The molecule has 2 aromatic rings. The number of carbonyl (C=O) groups excluding carboxylic acids is 2. The van der Waals surface area contributed by atoms with E-state index < -0.39 is 0 Å². The number of carbonyl (C=O) groups is 2. The molecule has 0 spiro atoms. The number of ketones is 1. The molecule has 4 nitrogen and oxygen atoms in total. The van der Waals surface area contributed by atoms with Crippen molar-refractivity contribution in [3.05, 3.63) is 65.0 Å². The molecule has 1 aromatic carbocycles. The summed E-state index contributed by atoms with van der Waals surface area (Å²) in [4.78, 5) is 28.5. The minimum absolute atomic E-state index is 0.0493. The molecule has 1 N–H and O–H groups in total. The first kappa shape index (κ1) is 17.3. The maximum atomic E-state index is 12.3. The van der Waals surface area contributed by atoms with Crippen LogP contribution in [0, 0.1) is 0 Å². The lowest BCUT2D eigenvalue weighted by molar-refractivity contribution is -0.121. The lowest BCUT2D eigenvalue weighted by Crippen LogP contribution is -2.26. The molecule has 1 heterocycles. The van der Waals surface area contributed by atoms with E-state index in [1.807, 2.05) is 30.3 Å². The Labute approximate surface area is 148 Å². The smallest absolute Gasteiger partial charge is 0.220 e. The Morgan fingerprint density at radius 3 is 2.64 bits per heavy atom. The van der Waals surface area contributed by atoms with Crippen LogP contribution in [0.2, 0.25) is 0 Å². The van der Waals surface area contributed by atoms with Crippen LogP contribution in [0.3, 0.4) is 0 Å². The summed E-state index contributed by atoms with van der Waals surface area (Å²) in [6, 6.07) is 11.7. The summed E-state index contributed by atoms with van der Waals surface area (Å²) >= 11 is 0. The fraction of sp³-hybridized carbons (Fsp3) is 0.381. The number of aryl methyl sites for hydroxylation is 2. The quantitative estimate of drug-likeness (QED) is 0.789. The first-order valence-corrected chi connectivity index (χ1v) is 9.04. The molecule has 0 saturated heterocycles. The number of hydrogen-bond donors (Lipinski definition) is 1. The van der Waals surface area contributed by atoms with E-state index in [2.05, 4.69) is 16.4 Å². The predicted molar refractivity (Wildman–Crippen MR) is 97.6 cm³/mol. The molecule has 1 amide bonds. The molecule has 0 fully saturated rings. The van der Waals surface area contributed by atoms with Crippen molar-refractivity contribution >= 4 is 11.7 Å². The van der Waals surface area contributed by atoms with Gasteiger partial charge in [0, 0.05) is 43.3 Å². The Morgan fingerprint density at radius 2 is 1.84 bits per heavy atom. The first-order valence-electron chi connectivity index (χ1n) is 9.04. The highest BCUT2D eigenvalue weighted by molar-refractivity contribution is 5.98. The van der Waals surface area contributed by atoms with Gasteiger partial charge in [-0.25, -0.2) is 0 Å². The molecule has 3 rings (SSSR count). The summed E-state index contributed by atoms with van der Waals surface area (Å²) in [6.07, 6.45) is 7.54. The van der Waals surface area contributed by atoms with Gasteiger partial charge in [0.25, 0.3) is 0 Å². The van der Waals surface area contributed by atoms with Crippen molar-refractivity contribution < 1.29 is 9.59 Å². The van der Waals surface area contributed by atoms with Crippen LogP contribution in [0.1, 0.15) is 52.9 Å². The lowest BCUT2D eigenvalue weighted by atomic mass is 9.89. The number of amides is 1. The number of fused-ring (bicyclic) bond motifs is 1. The fourth-order valence-electron chi connectivity index (χ4n) is 3.24. The van der Waals surface area contributed by atoms with E-state index in [0.29, 0.717) is 13.0 Å². The number of nitrogens with zero attached hydrogens (tertiary/aromatic N) is 1. The second-order valence-electron chi connectivity index (χ2n) is 6.53. The van der Waals surface area contributed by atoms with Crippen LogP contribution in [0.4, 0.5) is 0 Å². The van der Waals surface area contributed by atoms with Gasteiger partial charge < -0.3 is 5.32 Å². The maximum absolute atomic E-state index is 12.3. The average molecular weight is 336 g/mol. The summed E-state index contributed by atoms with van der Waals surface area (Å²) in [6.45, 7) is 0.545. The zero-order chi connectivity index (χ0) is 17.5. The molecular formula is C21H24N2O2. The maximum Gasteiger partial charge on any atom is 0.220 e. The van der Waals surface area contributed by atoms with Crippen LogP contribution in [0.5, 0.6) is 0 Å². The fourth-order valence-corrected chi connectivity index (χ4v) is 3.24. The number of benzene rings is 1. The number of nitrogens with one attached hydrogen (secondary N) is 1. The largest absolute Gasteiger partial charge is 0.356 e. The second-order valence-corrected chi connectivity index (χ2v) is 6.53. The lowest BCUT2D eigenvalue weighted by Gasteiger charge is -2.16. The molecule has 4 heteroatoms. The molecule has 0 saturated carbocycles. The van der Waals surface area contributed by atoms with Crippen molar-refractivity contribution in [1.29, 1.82) is 0 Å². The van der Waals surface area contributed by atoms with Crippen molar-refractivity contribution in [3.63, 3.8) is 0 Å². The van der Waals surface area contributed by atoms with Gasteiger partial charge in [-0.15, -0.1) is 0 Å². The summed E-state index contributed by atoms with van der Waals surface area (Å²) in [7, 11) is 0. The molecule has 1 aromatic heterocycles. The molecule has 130 valence electrons. The molecular weight excluding hydrogens is 312 g/mol. The van der Waals surface area contributed by atoms with E-state index in [1.54, 1.807) is 6.20 Å². The van der Waals surface area contributed by atoms with Gasteiger partial charge in [0.05, 0.1) is 0 Å². The zero-order valence-corrected chi connectivity index (χ0v) is 14.5. The minimum atomic E-state index is -0.0813. The van der Waals surface area contributed by atoms with E-state index in [1.165, 1.54) is 24.0 Å². The van der Waals surface area contributed by atoms with E-state index in [-0.39, 0.29) is 24.5 Å². The SMILES string of the molecule is O=C(CCC(=O)c1ccc2c(c1)CCCC2)NCCc1ccccn1. The Balaban J connectivity index is 1.43. The molecule has 0 bridgehead atoms. The molecule has 1 aliphatic rings. The predicted octanol–water partition coefficient (Wildman–Crippen LogP) is 3.28. The van der Waals surface area contributed by atoms with Crippen molar-refractivity contribution in [1.82, 2.24) is 10.3 Å². The highest BCUT2D eigenvalue weighted by Crippen LogP contribution is 2.22. The van der Waals surface area contributed by atoms with Crippen LogP contribution >= 0.6 is 0 Å². The van der Waals surface area contributed by atoms with Gasteiger partial charge in [-0.05, 0) is 55.0 Å². The molecule has 0 atom stereocenters. The normalized spacial score (nSPS) is 13.1. The Bertz CT molecular complexity index is 741. The highest BCUT2D eigenvalue weighted by atomic mass is 16.2. The summed E-state index contributed by atoms with van der Waals surface area (Å²) in [5, 5.41) is 2.86. The number of pyridine rings is 1. The molecule has 0 radical (unpaired) electrons.